The normalized spacial score (nSPS) is 19.8. The number of carbonyl (C=O) groups excluding carboxylic acids is 3. The summed E-state index contributed by atoms with van der Waals surface area (Å²) in [4.78, 5) is 35.9. The van der Waals surface area contributed by atoms with Crippen LogP contribution in [0.2, 0.25) is 0 Å². The summed E-state index contributed by atoms with van der Waals surface area (Å²) in [5.74, 6) is -1.74. The molecule has 1 heterocycles. The van der Waals surface area contributed by atoms with Crippen LogP contribution in [0.4, 0.5) is 4.79 Å². The number of urea groups is 1. The summed E-state index contributed by atoms with van der Waals surface area (Å²) in [6.07, 6.45) is 1.71. The number of aromatic carboxylic acids is 1. The van der Waals surface area contributed by atoms with Crippen LogP contribution in [-0.2, 0) is 10.3 Å². The van der Waals surface area contributed by atoms with Crippen molar-refractivity contribution in [1.82, 2.24) is 10.3 Å². The number of carboxylic acids is 1. The second-order valence-corrected chi connectivity index (χ2v) is 5.83. The zero-order valence-corrected chi connectivity index (χ0v) is 14.0. The van der Waals surface area contributed by atoms with Crippen LogP contribution in [-0.4, -0.2) is 29.1 Å². The van der Waals surface area contributed by atoms with Gasteiger partial charge in [-0.25, -0.2) is 4.79 Å². The van der Waals surface area contributed by atoms with E-state index < -0.39 is 23.4 Å². The van der Waals surface area contributed by atoms with Gasteiger partial charge in [0.2, 0.25) is 0 Å². The minimum atomic E-state index is -1.28. The van der Waals surface area contributed by atoms with E-state index in [0.29, 0.717) is 17.5 Å². The van der Waals surface area contributed by atoms with Gasteiger partial charge < -0.3 is 15.2 Å². The second kappa shape index (κ2) is 6.79. The van der Waals surface area contributed by atoms with Crippen LogP contribution < -0.4 is 10.4 Å². The molecule has 132 valence electrons. The lowest BCUT2D eigenvalue weighted by atomic mass is 9.87. The number of hydrogen-bond acceptors (Lipinski definition) is 5. The van der Waals surface area contributed by atoms with Gasteiger partial charge in [-0.1, -0.05) is 61.5 Å². The molecule has 2 aromatic carbocycles. The van der Waals surface area contributed by atoms with Crippen molar-refractivity contribution in [2.24, 2.45) is 5.10 Å². The molecule has 26 heavy (non-hydrogen) atoms. The number of nitrogens with zero attached hydrogens (tertiary/aromatic N) is 2. The molecule has 1 fully saturated rings. The fourth-order valence-corrected chi connectivity index (χ4v) is 2.86. The zero-order valence-electron chi connectivity index (χ0n) is 14.0. The van der Waals surface area contributed by atoms with Gasteiger partial charge >= 0.3 is 6.03 Å². The maximum absolute atomic E-state index is 12.9. The molecule has 3 amide bonds. The Labute approximate surface area is 149 Å². The first-order chi connectivity index (χ1) is 12.5. The summed E-state index contributed by atoms with van der Waals surface area (Å²) in [5.41, 5.74) is 0.126. The number of rotatable bonds is 5. The number of hydrogen-bond donors (Lipinski definition) is 1. The van der Waals surface area contributed by atoms with Gasteiger partial charge in [-0.3, -0.25) is 4.79 Å². The van der Waals surface area contributed by atoms with E-state index in [-0.39, 0.29) is 5.56 Å². The summed E-state index contributed by atoms with van der Waals surface area (Å²) in [5, 5.41) is 18.3. The van der Waals surface area contributed by atoms with Gasteiger partial charge in [-0.05, 0) is 23.1 Å². The molecular weight excluding hydrogens is 334 g/mol. The van der Waals surface area contributed by atoms with Crippen molar-refractivity contribution in [2.75, 3.05) is 0 Å². The van der Waals surface area contributed by atoms with Gasteiger partial charge in [-0.15, -0.1) is 5.01 Å². The molecule has 3 rings (SSSR count). The standard InChI is InChI=1S/C19H17N3O4/c1-2-19(15-6-4-3-5-7-15)17(25)22(18(26)21-19)20-12-13-8-10-14(11-9-13)16(23)24/h3-12H,2H2,1H3,(H,21,26)(H,23,24)/p-1/b20-12-/t19-/m0/s1. The summed E-state index contributed by atoms with van der Waals surface area (Å²) in [7, 11) is 0. The Balaban J connectivity index is 1.86. The molecule has 1 aliphatic rings. The first-order valence-electron chi connectivity index (χ1n) is 8.05. The molecule has 7 heteroatoms. The SMILES string of the molecule is CC[C@@]1(c2ccccc2)NC(=O)N(/N=C\c2ccc(C(=O)[O-])cc2)C1=O. The van der Waals surface area contributed by atoms with Crippen molar-refractivity contribution in [1.29, 1.82) is 0 Å². The Morgan fingerprint density at radius 1 is 1.15 bits per heavy atom. The van der Waals surface area contributed by atoms with Crippen LogP contribution in [0.25, 0.3) is 0 Å². The minimum Gasteiger partial charge on any atom is -0.545 e. The summed E-state index contributed by atoms with van der Waals surface area (Å²) in [6.45, 7) is 1.82. The highest BCUT2D eigenvalue weighted by atomic mass is 16.4. The van der Waals surface area contributed by atoms with E-state index in [9.17, 15) is 19.5 Å². The van der Waals surface area contributed by atoms with E-state index >= 15 is 0 Å². The lowest BCUT2D eigenvalue weighted by Gasteiger charge is -2.24. The molecule has 1 saturated heterocycles. The number of amides is 3. The van der Waals surface area contributed by atoms with Gasteiger partial charge in [-0.2, -0.15) is 5.10 Å². The van der Waals surface area contributed by atoms with Crippen LogP contribution in [0.15, 0.2) is 59.7 Å². The lowest BCUT2D eigenvalue weighted by Crippen LogP contribution is -2.43. The van der Waals surface area contributed by atoms with Crippen molar-refractivity contribution < 1.29 is 19.5 Å². The molecule has 1 N–H and O–H groups in total. The van der Waals surface area contributed by atoms with Crippen molar-refractivity contribution in [2.45, 2.75) is 18.9 Å². The molecule has 0 aromatic heterocycles. The molecule has 7 nitrogen and oxygen atoms in total. The fraction of sp³-hybridized carbons (Fsp3) is 0.158. The molecular formula is C19H16N3O4-. The Morgan fingerprint density at radius 2 is 1.81 bits per heavy atom. The third-order valence-corrected chi connectivity index (χ3v) is 4.34. The maximum Gasteiger partial charge on any atom is 0.346 e. The van der Waals surface area contributed by atoms with Gasteiger partial charge in [0, 0.05) is 0 Å². The van der Waals surface area contributed by atoms with Crippen LogP contribution in [0, 0.1) is 0 Å². The van der Waals surface area contributed by atoms with Gasteiger partial charge in [0.15, 0.2) is 0 Å². The molecule has 0 spiro atoms. The molecule has 0 saturated carbocycles. The van der Waals surface area contributed by atoms with E-state index in [1.54, 1.807) is 24.3 Å². The van der Waals surface area contributed by atoms with E-state index in [2.05, 4.69) is 10.4 Å². The van der Waals surface area contributed by atoms with Crippen LogP contribution in [0.3, 0.4) is 0 Å². The predicted molar refractivity (Wildman–Crippen MR) is 92.2 cm³/mol. The predicted octanol–water partition coefficient (Wildman–Crippen LogP) is 1.24. The van der Waals surface area contributed by atoms with Crippen molar-refractivity contribution in [3.05, 3.63) is 71.3 Å². The monoisotopic (exact) mass is 350 g/mol. The summed E-state index contributed by atoms with van der Waals surface area (Å²) >= 11 is 0. The van der Waals surface area contributed by atoms with Crippen LogP contribution in [0.1, 0.15) is 34.8 Å². The van der Waals surface area contributed by atoms with Crippen molar-refractivity contribution >= 4 is 24.1 Å². The Hall–Kier alpha value is -3.48. The fourth-order valence-electron chi connectivity index (χ4n) is 2.86. The second-order valence-electron chi connectivity index (χ2n) is 5.83. The smallest absolute Gasteiger partial charge is 0.346 e. The van der Waals surface area contributed by atoms with Crippen molar-refractivity contribution in [3.8, 4) is 0 Å². The average molecular weight is 350 g/mol. The van der Waals surface area contributed by atoms with Gasteiger partial charge in [0.05, 0.1) is 12.2 Å². The van der Waals surface area contributed by atoms with Crippen molar-refractivity contribution in [3.63, 3.8) is 0 Å². The highest BCUT2D eigenvalue weighted by Gasteiger charge is 2.51. The first kappa shape index (κ1) is 17.3. The third kappa shape index (κ3) is 2.95. The number of nitrogens with one attached hydrogen (secondary N) is 1. The van der Waals surface area contributed by atoms with E-state index in [0.717, 1.165) is 5.01 Å². The first-order valence-corrected chi connectivity index (χ1v) is 8.05. The van der Waals surface area contributed by atoms with Gasteiger partial charge in [0.25, 0.3) is 5.91 Å². The molecule has 0 unspecified atom stereocenters. The minimum absolute atomic E-state index is 0.0335. The molecule has 0 bridgehead atoms. The Morgan fingerprint density at radius 3 is 2.38 bits per heavy atom. The Bertz CT molecular complexity index is 877. The number of carboxylic acid groups (broad SMARTS) is 1. The number of carbonyl (C=O) groups is 3. The summed E-state index contributed by atoms with van der Waals surface area (Å²) < 4.78 is 0. The highest BCUT2D eigenvalue weighted by molar-refractivity contribution is 6.07. The molecule has 1 atom stereocenters. The van der Waals surface area contributed by atoms with E-state index in [4.69, 9.17) is 0 Å². The van der Waals surface area contributed by atoms with Crippen LogP contribution in [0.5, 0.6) is 0 Å². The number of hydrazone groups is 1. The average Bonchev–Trinajstić information content (AvgIpc) is 2.91. The van der Waals surface area contributed by atoms with Gasteiger partial charge in [0.1, 0.15) is 5.54 Å². The Kier molecular flexibility index (Phi) is 4.53. The molecule has 1 aliphatic heterocycles. The maximum atomic E-state index is 12.9. The van der Waals surface area contributed by atoms with E-state index in [1.807, 2.05) is 13.0 Å². The van der Waals surface area contributed by atoms with E-state index in [1.165, 1.54) is 30.5 Å². The largest absolute Gasteiger partial charge is 0.545 e. The number of imide groups is 1. The topological polar surface area (TPSA) is 102 Å². The summed E-state index contributed by atoms with van der Waals surface area (Å²) in [6, 6.07) is 14.2. The quantitative estimate of drug-likeness (QED) is 0.647. The van der Waals surface area contributed by atoms with Crippen LogP contribution >= 0.6 is 0 Å². The number of benzene rings is 2. The molecule has 0 radical (unpaired) electrons. The highest BCUT2D eigenvalue weighted by Crippen LogP contribution is 2.32. The zero-order chi connectivity index (χ0) is 18.7. The molecule has 2 aromatic rings. The molecule has 0 aliphatic carbocycles. The lowest BCUT2D eigenvalue weighted by molar-refractivity contribution is -0.255. The third-order valence-electron chi connectivity index (χ3n) is 4.34.